The predicted molar refractivity (Wildman–Crippen MR) is 146 cm³/mol. The number of ether oxygens (including phenoxy) is 2. The van der Waals surface area contributed by atoms with Gasteiger partial charge >= 0.3 is 0 Å². The number of hydrogen-bond acceptors (Lipinski definition) is 5. The molecule has 0 bridgehead atoms. The Morgan fingerprint density at radius 3 is 2.29 bits per heavy atom. The molecule has 194 valence electrons. The van der Waals surface area contributed by atoms with Crippen molar-refractivity contribution in [1.82, 2.24) is 14.5 Å². The number of anilines is 1. The van der Waals surface area contributed by atoms with Crippen LogP contribution < -0.4 is 14.8 Å². The van der Waals surface area contributed by atoms with Crippen molar-refractivity contribution in [2.75, 3.05) is 26.1 Å². The Morgan fingerprint density at radius 1 is 0.947 bits per heavy atom. The third-order valence-corrected chi connectivity index (χ3v) is 6.49. The van der Waals surface area contributed by atoms with Crippen LogP contribution in [-0.2, 0) is 16.0 Å². The monoisotopic (exact) mass is 510 g/mol. The molecule has 1 aliphatic rings. The van der Waals surface area contributed by atoms with Crippen molar-refractivity contribution in [1.29, 1.82) is 0 Å². The van der Waals surface area contributed by atoms with E-state index in [2.05, 4.69) is 5.32 Å². The quantitative estimate of drug-likeness (QED) is 0.333. The first-order valence-electron chi connectivity index (χ1n) is 12.6. The second-order valence-electron chi connectivity index (χ2n) is 9.19. The van der Waals surface area contributed by atoms with Gasteiger partial charge in [0.05, 0.1) is 26.3 Å². The lowest BCUT2D eigenvalue weighted by Gasteiger charge is -2.22. The van der Waals surface area contributed by atoms with E-state index >= 15 is 0 Å². The van der Waals surface area contributed by atoms with Crippen LogP contribution in [0.4, 0.5) is 5.95 Å². The summed E-state index contributed by atoms with van der Waals surface area (Å²) < 4.78 is 12.5. The Labute approximate surface area is 221 Å². The normalized spacial score (nSPS) is 12.6. The fourth-order valence-electron chi connectivity index (χ4n) is 4.39. The summed E-state index contributed by atoms with van der Waals surface area (Å²) in [4.78, 5) is 32.9. The van der Waals surface area contributed by atoms with E-state index in [1.54, 1.807) is 31.3 Å². The number of nitrogens with one attached hydrogen (secondary N) is 1. The highest BCUT2D eigenvalue weighted by atomic mass is 16.5. The van der Waals surface area contributed by atoms with Gasteiger partial charge in [-0.2, -0.15) is 0 Å². The molecule has 2 amide bonds. The van der Waals surface area contributed by atoms with Crippen LogP contribution in [0.5, 0.6) is 11.5 Å². The van der Waals surface area contributed by atoms with Gasteiger partial charge in [0, 0.05) is 23.5 Å². The lowest BCUT2D eigenvalue weighted by atomic mass is 10.1. The molecule has 0 aliphatic heterocycles. The predicted octanol–water partition coefficient (Wildman–Crippen LogP) is 4.73. The van der Waals surface area contributed by atoms with Crippen LogP contribution in [0.25, 0.3) is 16.9 Å². The number of methoxy groups -OCH3 is 2. The maximum Gasteiger partial charge on any atom is 0.246 e. The largest absolute Gasteiger partial charge is 0.493 e. The smallest absolute Gasteiger partial charge is 0.246 e. The zero-order valence-electron chi connectivity index (χ0n) is 21.5. The number of aromatic nitrogens is 2. The SMILES string of the molecule is COc1ccc(CC(=O)N(CC(=O)Nc2nc(-c3ccccc3)cn2-c2ccccc2)C2CC2)cc1OC. The van der Waals surface area contributed by atoms with Crippen molar-refractivity contribution in [2.24, 2.45) is 0 Å². The molecule has 1 heterocycles. The summed E-state index contributed by atoms with van der Waals surface area (Å²) in [5, 5.41) is 2.95. The van der Waals surface area contributed by atoms with Crippen LogP contribution in [0, 0.1) is 0 Å². The number of nitrogens with zero attached hydrogens (tertiary/aromatic N) is 3. The number of amides is 2. The maximum atomic E-state index is 13.3. The molecule has 0 saturated heterocycles. The summed E-state index contributed by atoms with van der Waals surface area (Å²) >= 11 is 0. The van der Waals surface area contributed by atoms with E-state index in [9.17, 15) is 9.59 Å². The molecular weight excluding hydrogens is 480 g/mol. The van der Waals surface area contributed by atoms with E-state index in [0.717, 1.165) is 35.3 Å². The van der Waals surface area contributed by atoms with Crippen LogP contribution in [0.15, 0.2) is 85.1 Å². The van der Waals surface area contributed by atoms with E-state index in [0.29, 0.717) is 17.4 Å². The van der Waals surface area contributed by atoms with Gasteiger partial charge in [0.25, 0.3) is 0 Å². The molecule has 0 spiro atoms. The van der Waals surface area contributed by atoms with Crippen molar-refractivity contribution >= 4 is 17.8 Å². The van der Waals surface area contributed by atoms with Gasteiger partial charge in [0.2, 0.25) is 17.8 Å². The number of imidazole rings is 1. The molecule has 0 atom stereocenters. The first-order chi connectivity index (χ1) is 18.6. The molecule has 0 unspecified atom stereocenters. The highest BCUT2D eigenvalue weighted by Crippen LogP contribution is 2.30. The summed E-state index contributed by atoms with van der Waals surface area (Å²) in [6.45, 7) is -0.0425. The van der Waals surface area contributed by atoms with Gasteiger partial charge < -0.3 is 14.4 Å². The number of hydrogen-bond donors (Lipinski definition) is 1. The highest BCUT2D eigenvalue weighted by molar-refractivity contribution is 5.94. The average molecular weight is 511 g/mol. The zero-order valence-corrected chi connectivity index (χ0v) is 21.5. The van der Waals surface area contributed by atoms with Crippen LogP contribution in [0.3, 0.4) is 0 Å². The number of rotatable bonds is 10. The highest BCUT2D eigenvalue weighted by Gasteiger charge is 2.34. The summed E-state index contributed by atoms with van der Waals surface area (Å²) in [5.74, 6) is 1.18. The fraction of sp³-hybridized carbons (Fsp3) is 0.233. The van der Waals surface area contributed by atoms with Crippen LogP contribution >= 0.6 is 0 Å². The molecule has 4 aromatic rings. The second-order valence-corrected chi connectivity index (χ2v) is 9.19. The standard InChI is InChI=1S/C30H30N4O4/c1-37-26-16-13-21(17-27(26)38-2)18-29(36)33(24-14-15-24)20-28(35)32-30-31-25(22-9-5-3-6-10-22)19-34(30)23-11-7-4-8-12-23/h3-13,16-17,19,24H,14-15,18,20H2,1-2H3,(H,31,32,35). The Kier molecular flexibility index (Phi) is 7.40. The van der Waals surface area contributed by atoms with Gasteiger partial charge in [-0.1, -0.05) is 54.6 Å². The third-order valence-electron chi connectivity index (χ3n) is 6.49. The lowest BCUT2D eigenvalue weighted by Crippen LogP contribution is -2.40. The van der Waals surface area contributed by atoms with Gasteiger partial charge in [0.1, 0.15) is 6.54 Å². The van der Waals surface area contributed by atoms with Crippen molar-refractivity contribution in [3.63, 3.8) is 0 Å². The first kappa shape index (κ1) is 25.1. The van der Waals surface area contributed by atoms with Gasteiger partial charge in [-0.15, -0.1) is 0 Å². The number of carbonyl (C=O) groups excluding carboxylic acids is 2. The Morgan fingerprint density at radius 2 is 1.63 bits per heavy atom. The summed E-state index contributed by atoms with van der Waals surface area (Å²) in [6.07, 6.45) is 3.85. The molecule has 1 aliphatic carbocycles. The summed E-state index contributed by atoms with van der Waals surface area (Å²) in [5.41, 5.74) is 3.36. The average Bonchev–Trinajstić information content (AvgIpc) is 3.71. The molecule has 5 rings (SSSR count). The van der Waals surface area contributed by atoms with Crippen molar-refractivity contribution in [3.05, 3.63) is 90.6 Å². The topological polar surface area (TPSA) is 85.7 Å². The molecule has 8 heteroatoms. The first-order valence-corrected chi connectivity index (χ1v) is 12.6. The van der Waals surface area contributed by atoms with Crippen LogP contribution in [0.2, 0.25) is 0 Å². The Balaban J connectivity index is 1.33. The molecule has 1 aromatic heterocycles. The minimum atomic E-state index is -0.292. The van der Waals surface area contributed by atoms with Crippen molar-refractivity contribution in [2.45, 2.75) is 25.3 Å². The van der Waals surface area contributed by atoms with E-state index < -0.39 is 0 Å². The van der Waals surface area contributed by atoms with Gasteiger partial charge in [0.15, 0.2) is 11.5 Å². The van der Waals surface area contributed by atoms with E-state index in [1.165, 1.54) is 0 Å². The molecule has 1 saturated carbocycles. The fourth-order valence-corrected chi connectivity index (χ4v) is 4.39. The molecule has 0 radical (unpaired) electrons. The molecule has 38 heavy (non-hydrogen) atoms. The summed E-state index contributed by atoms with van der Waals surface area (Å²) in [7, 11) is 3.13. The molecule has 8 nitrogen and oxygen atoms in total. The van der Waals surface area contributed by atoms with Crippen molar-refractivity contribution in [3.8, 4) is 28.4 Å². The molecule has 3 aromatic carbocycles. The molecule has 1 fully saturated rings. The zero-order chi connectivity index (χ0) is 26.5. The lowest BCUT2D eigenvalue weighted by molar-refractivity contribution is -0.134. The number of carbonyl (C=O) groups is 2. The summed E-state index contributed by atoms with van der Waals surface area (Å²) in [6, 6.07) is 25.0. The van der Waals surface area contributed by atoms with Crippen LogP contribution in [0.1, 0.15) is 18.4 Å². The number of para-hydroxylation sites is 1. The van der Waals surface area contributed by atoms with Crippen LogP contribution in [-0.4, -0.2) is 53.1 Å². The Hall–Kier alpha value is -4.59. The molecular formula is C30H30N4O4. The van der Waals surface area contributed by atoms with E-state index in [1.807, 2.05) is 77.5 Å². The van der Waals surface area contributed by atoms with Crippen molar-refractivity contribution < 1.29 is 19.1 Å². The maximum absolute atomic E-state index is 13.3. The van der Waals surface area contributed by atoms with Gasteiger partial charge in [-0.3, -0.25) is 19.5 Å². The van der Waals surface area contributed by atoms with E-state index in [-0.39, 0.29) is 30.8 Å². The minimum Gasteiger partial charge on any atom is -0.493 e. The minimum absolute atomic E-state index is 0.0425. The van der Waals surface area contributed by atoms with E-state index in [4.69, 9.17) is 14.5 Å². The number of benzene rings is 3. The second kappa shape index (κ2) is 11.2. The third kappa shape index (κ3) is 5.70. The van der Waals surface area contributed by atoms with Gasteiger partial charge in [-0.05, 0) is 42.7 Å². The molecule has 1 N–H and O–H groups in total. The Bertz CT molecular complexity index is 1410. The van der Waals surface area contributed by atoms with Gasteiger partial charge in [-0.25, -0.2) is 4.98 Å².